The second kappa shape index (κ2) is 2.87. The molecule has 0 spiro atoms. The SMILES string of the molecule is CBc1cc(C)nc(C)c1. The Morgan fingerprint density at radius 1 is 1.20 bits per heavy atom. The van der Waals surface area contributed by atoms with Gasteiger partial charge in [-0.15, -0.1) is 0 Å². The minimum atomic E-state index is 1.10. The van der Waals surface area contributed by atoms with Gasteiger partial charge in [0, 0.05) is 11.4 Å². The molecule has 1 aromatic rings. The third-order valence-electron chi connectivity index (χ3n) is 1.55. The molecular formula is C8H12BN. The molecule has 52 valence electrons. The van der Waals surface area contributed by atoms with E-state index in [0.717, 1.165) is 18.7 Å². The Morgan fingerprint density at radius 3 is 2.10 bits per heavy atom. The molecule has 1 aromatic heterocycles. The number of pyridine rings is 1. The van der Waals surface area contributed by atoms with Gasteiger partial charge in [-0.05, 0) is 26.0 Å². The van der Waals surface area contributed by atoms with Crippen molar-refractivity contribution in [2.45, 2.75) is 20.7 Å². The number of rotatable bonds is 1. The first-order chi connectivity index (χ1) is 4.72. The van der Waals surface area contributed by atoms with Crippen LogP contribution < -0.4 is 5.46 Å². The zero-order chi connectivity index (χ0) is 7.56. The molecule has 0 aliphatic heterocycles. The van der Waals surface area contributed by atoms with Gasteiger partial charge in [0.1, 0.15) is 0 Å². The minimum Gasteiger partial charge on any atom is -0.259 e. The van der Waals surface area contributed by atoms with Gasteiger partial charge in [0.2, 0.25) is 0 Å². The van der Waals surface area contributed by atoms with Crippen LogP contribution in [0.25, 0.3) is 0 Å². The zero-order valence-corrected chi connectivity index (χ0v) is 6.81. The molecule has 0 fully saturated rings. The monoisotopic (exact) mass is 133 g/mol. The standard InChI is InChI=1S/C8H12BN/c1-6-4-8(9-3)5-7(2)10-6/h4-5,9H,1-3H3. The highest BCUT2D eigenvalue weighted by Crippen LogP contribution is 1.92. The fourth-order valence-corrected chi connectivity index (χ4v) is 1.13. The normalized spacial score (nSPS) is 9.50. The minimum absolute atomic E-state index is 1.10. The Hall–Kier alpha value is -0.785. The largest absolute Gasteiger partial charge is 0.259 e. The Bertz CT molecular complexity index is 212. The van der Waals surface area contributed by atoms with E-state index in [1.54, 1.807) is 0 Å². The summed E-state index contributed by atoms with van der Waals surface area (Å²) in [4.78, 5) is 4.28. The van der Waals surface area contributed by atoms with Crippen molar-refractivity contribution in [2.24, 2.45) is 0 Å². The third-order valence-corrected chi connectivity index (χ3v) is 1.55. The first-order valence-electron chi connectivity index (χ1n) is 3.66. The van der Waals surface area contributed by atoms with Crippen LogP contribution in [-0.4, -0.2) is 12.3 Å². The summed E-state index contributed by atoms with van der Waals surface area (Å²) in [7, 11) is 1.10. The van der Waals surface area contributed by atoms with Crippen molar-refractivity contribution in [2.75, 3.05) is 0 Å². The van der Waals surface area contributed by atoms with Crippen LogP contribution in [0.1, 0.15) is 11.4 Å². The molecule has 0 aliphatic carbocycles. The van der Waals surface area contributed by atoms with Crippen LogP contribution in [0.4, 0.5) is 0 Å². The molecule has 1 heterocycles. The molecule has 0 aromatic carbocycles. The molecular weight excluding hydrogens is 121 g/mol. The van der Waals surface area contributed by atoms with E-state index < -0.39 is 0 Å². The van der Waals surface area contributed by atoms with Crippen molar-refractivity contribution in [1.82, 2.24) is 4.98 Å². The van der Waals surface area contributed by atoms with E-state index in [2.05, 4.69) is 23.9 Å². The van der Waals surface area contributed by atoms with Crippen LogP contribution in [0, 0.1) is 13.8 Å². The van der Waals surface area contributed by atoms with Gasteiger partial charge < -0.3 is 0 Å². The Morgan fingerprint density at radius 2 is 1.70 bits per heavy atom. The fraction of sp³-hybridized carbons (Fsp3) is 0.375. The van der Waals surface area contributed by atoms with Crippen molar-refractivity contribution in [1.29, 1.82) is 0 Å². The summed E-state index contributed by atoms with van der Waals surface area (Å²) in [5.74, 6) is 0. The van der Waals surface area contributed by atoms with Gasteiger partial charge >= 0.3 is 0 Å². The topological polar surface area (TPSA) is 12.9 Å². The van der Waals surface area contributed by atoms with E-state index in [1.807, 2.05) is 13.8 Å². The lowest BCUT2D eigenvalue weighted by atomic mass is 9.73. The van der Waals surface area contributed by atoms with Gasteiger partial charge in [-0.3, -0.25) is 4.98 Å². The lowest BCUT2D eigenvalue weighted by molar-refractivity contribution is 1.13. The first-order valence-corrected chi connectivity index (χ1v) is 3.66. The highest BCUT2D eigenvalue weighted by atomic mass is 14.7. The van der Waals surface area contributed by atoms with Crippen molar-refractivity contribution >= 4 is 12.7 Å². The summed E-state index contributed by atoms with van der Waals surface area (Å²) in [5.41, 5.74) is 3.62. The number of hydrogen-bond donors (Lipinski definition) is 0. The third kappa shape index (κ3) is 1.60. The van der Waals surface area contributed by atoms with Crippen LogP contribution in [0.5, 0.6) is 0 Å². The van der Waals surface area contributed by atoms with Crippen molar-refractivity contribution in [3.63, 3.8) is 0 Å². The fourth-order valence-electron chi connectivity index (χ4n) is 1.13. The van der Waals surface area contributed by atoms with Crippen LogP contribution in [0.2, 0.25) is 6.82 Å². The van der Waals surface area contributed by atoms with Gasteiger partial charge in [0.25, 0.3) is 0 Å². The van der Waals surface area contributed by atoms with Gasteiger partial charge in [-0.25, -0.2) is 0 Å². The van der Waals surface area contributed by atoms with Crippen molar-refractivity contribution < 1.29 is 0 Å². The van der Waals surface area contributed by atoms with Gasteiger partial charge in [-0.2, -0.15) is 0 Å². The second-order valence-corrected chi connectivity index (χ2v) is 2.61. The molecule has 0 N–H and O–H groups in total. The van der Waals surface area contributed by atoms with Gasteiger partial charge in [0.05, 0.1) is 0 Å². The number of aromatic nitrogens is 1. The molecule has 0 bridgehead atoms. The molecule has 1 nitrogen and oxygen atoms in total. The van der Waals surface area contributed by atoms with E-state index in [1.165, 1.54) is 5.46 Å². The molecule has 1 rings (SSSR count). The summed E-state index contributed by atoms with van der Waals surface area (Å²) in [6.45, 7) is 6.23. The number of aryl methyl sites for hydroxylation is 2. The van der Waals surface area contributed by atoms with E-state index in [-0.39, 0.29) is 0 Å². The number of nitrogens with zero attached hydrogens (tertiary/aromatic N) is 1. The first kappa shape index (κ1) is 7.32. The molecule has 0 saturated carbocycles. The predicted molar refractivity (Wildman–Crippen MR) is 46.4 cm³/mol. The Kier molecular flexibility index (Phi) is 2.10. The zero-order valence-electron chi connectivity index (χ0n) is 6.81. The lowest BCUT2D eigenvalue weighted by Gasteiger charge is -1.98. The van der Waals surface area contributed by atoms with Crippen molar-refractivity contribution in [3.05, 3.63) is 23.5 Å². The molecule has 0 aliphatic rings. The van der Waals surface area contributed by atoms with Crippen LogP contribution >= 0.6 is 0 Å². The van der Waals surface area contributed by atoms with Crippen LogP contribution in [0.15, 0.2) is 12.1 Å². The van der Waals surface area contributed by atoms with E-state index >= 15 is 0 Å². The quantitative estimate of drug-likeness (QED) is 0.516. The predicted octanol–water partition coefficient (Wildman–Crippen LogP) is 0.808. The summed E-state index contributed by atoms with van der Waals surface area (Å²) in [5, 5.41) is 0. The van der Waals surface area contributed by atoms with E-state index in [0.29, 0.717) is 0 Å². The average molecular weight is 133 g/mol. The summed E-state index contributed by atoms with van der Waals surface area (Å²) >= 11 is 0. The summed E-state index contributed by atoms with van der Waals surface area (Å²) in [6, 6.07) is 4.26. The smallest absolute Gasteiger partial charge is 0.154 e. The summed E-state index contributed by atoms with van der Waals surface area (Å²) in [6.07, 6.45) is 0. The maximum Gasteiger partial charge on any atom is 0.154 e. The number of hydrogen-bond acceptors (Lipinski definition) is 1. The Balaban J connectivity index is 3.06. The molecule has 0 atom stereocenters. The highest BCUT2D eigenvalue weighted by molar-refractivity contribution is 6.51. The van der Waals surface area contributed by atoms with Crippen molar-refractivity contribution in [3.8, 4) is 0 Å². The Labute approximate surface area is 62.7 Å². The molecule has 0 radical (unpaired) electrons. The maximum absolute atomic E-state index is 4.28. The van der Waals surface area contributed by atoms with E-state index in [9.17, 15) is 0 Å². The second-order valence-electron chi connectivity index (χ2n) is 2.61. The summed E-state index contributed by atoms with van der Waals surface area (Å²) < 4.78 is 0. The molecule has 10 heavy (non-hydrogen) atoms. The lowest BCUT2D eigenvalue weighted by Crippen LogP contribution is -2.12. The van der Waals surface area contributed by atoms with Gasteiger partial charge in [0.15, 0.2) is 7.28 Å². The van der Waals surface area contributed by atoms with Crippen LogP contribution in [-0.2, 0) is 0 Å². The van der Waals surface area contributed by atoms with Gasteiger partial charge in [-0.1, -0.05) is 12.3 Å². The maximum atomic E-state index is 4.28. The molecule has 0 amide bonds. The molecule has 2 heteroatoms. The van der Waals surface area contributed by atoms with Crippen LogP contribution in [0.3, 0.4) is 0 Å². The molecule has 0 saturated heterocycles. The van der Waals surface area contributed by atoms with E-state index in [4.69, 9.17) is 0 Å². The average Bonchev–Trinajstić information content (AvgIpc) is 1.85. The molecule has 0 unspecified atom stereocenters. The highest BCUT2D eigenvalue weighted by Gasteiger charge is 1.93.